The molecule has 1 aromatic rings. The molecule has 0 saturated heterocycles. The first-order valence-electron chi connectivity index (χ1n) is 5.34. The zero-order chi connectivity index (χ0) is 11.4. The van der Waals surface area contributed by atoms with Crippen LogP contribution in [0.5, 0.6) is 5.75 Å². The van der Waals surface area contributed by atoms with Gasteiger partial charge in [0.2, 0.25) is 0 Å². The summed E-state index contributed by atoms with van der Waals surface area (Å²) in [5, 5.41) is 2.76. The van der Waals surface area contributed by atoms with E-state index in [4.69, 9.17) is 9.47 Å². The summed E-state index contributed by atoms with van der Waals surface area (Å²) in [6, 6.07) is 7.78. The number of alkyl carbamates (subject to hydrolysis) is 1. The standard InChI is InChI=1S/C12H15NO3/c1-15-11-6-2-9(3-7-11)8-16-12(14)13-10-4-5-10/h2-3,6-7,10H,4-5,8H2,1H3,(H,13,14). The van der Waals surface area contributed by atoms with E-state index in [1.54, 1.807) is 7.11 Å². The summed E-state index contributed by atoms with van der Waals surface area (Å²) in [7, 11) is 1.62. The Bertz CT molecular complexity index is 357. The second kappa shape index (κ2) is 4.88. The van der Waals surface area contributed by atoms with Gasteiger partial charge in [0, 0.05) is 6.04 Å². The number of amides is 1. The average Bonchev–Trinajstić information content (AvgIpc) is 3.11. The van der Waals surface area contributed by atoms with Gasteiger partial charge in [-0.2, -0.15) is 0 Å². The van der Waals surface area contributed by atoms with Crippen molar-refractivity contribution >= 4 is 6.09 Å². The predicted octanol–water partition coefficient (Wildman–Crippen LogP) is 2.08. The molecule has 1 aliphatic rings. The molecule has 1 fully saturated rings. The minimum Gasteiger partial charge on any atom is -0.497 e. The van der Waals surface area contributed by atoms with Crippen LogP contribution in [0.2, 0.25) is 0 Å². The van der Waals surface area contributed by atoms with E-state index in [9.17, 15) is 4.79 Å². The van der Waals surface area contributed by atoms with Crippen LogP contribution < -0.4 is 10.1 Å². The second-order valence-electron chi connectivity index (χ2n) is 3.84. The van der Waals surface area contributed by atoms with Crippen molar-refractivity contribution < 1.29 is 14.3 Å². The van der Waals surface area contributed by atoms with Crippen molar-refractivity contribution in [3.8, 4) is 5.75 Å². The fourth-order valence-electron chi connectivity index (χ4n) is 1.31. The molecule has 0 spiro atoms. The van der Waals surface area contributed by atoms with Crippen LogP contribution in [0.25, 0.3) is 0 Å². The van der Waals surface area contributed by atoms with E-state index < -0.39 is 0 Å². The Balaban J connectivity index is 1.76. The zero-order valence-corrected chi connectivity index (χ0v) is 9.23. The van der Waals surface area contributed by atoms with Gasteiger partial charge >= 0.3 is 6.09 Å². The third kappa shape index (κ3) is 3.15. The number of ether oxygens (including phenoxy) is 2. The Hall–Kier alpha value is -1.71. The highest BCUT2D eigenvalue weighted by atomic mass is 16.5. The number of carbonyl (C=O) groups is 1. The van der Waals surface area contributed by atoms with Crippen molar-refractivity contribution in [3.63, 3.8) is 0 Å². The van der Waals surface area contributed by atoms with Crippen LogP contribution in [-0.4, -0.2) is 19.2 Å². The lowest BCUT2D eigenvalue weighted by Crippen LogP contribution is -2.25. The molecule has 0 bridgehead atoms. The molecule has 1 N–H and O–H groups in total. The number of nitrogens with one attached hydrogen (secondary N) is 1. The maximum absolute atomic E-state index is 11.2. The van der Waals surface area contributed by atoms with Gasteiger partial charge in [-0.1, -0.05) is 12.1 Å². The van der Waals surface area contributed by atoms with Crippen molar-refractivity contribution in [2.24, 2.45) is 0 Å². The molecule has 1 amide bonds. The number of rotatable bonds is 4. The maximum Gasteiger partial charge on any atom is 0.407 e. The highest BCUT2D eigenvalue weighted by Gasteiger charge is 2.23. The fourth-order valence-corrected chi connectivity index (χ4v) is 1.31. The van der Waals surface area contributed by atoms with Gasteiger partial charge in [0.1, 0.15) is 12.4 Å². The van der Waals surface area contributed by atoms with Crippen LogP contribution in [0.15, 0.2) is 24.3 Å². The van der Waals surface area contributed by atoms with Gasteiger partial charge in [-0.25, -0.2) is 4.79 Å². The molecule has 0 heterocycles. The van der Waals surface area contributed by atoms with E-state index in [1.807, 2.05) is 24.3 Å². The van der Waals surface area contributed by atoms with Crippen LogP contribution in [0, 0.1) is 0 Å². The molecule has 4 heteroatoms. The Morgan fingerprint density at radius 1 is 1.38 bits per heavy atom. The van der Waals surface area contributed by atoms with Gasteiger partial charge in [-0.05, 0) is 30.5 Å². The topological polar surface area (TPSA) is 47.6 Å². The lowest BCUT2D eigenvalue weighted by atomic mass is 10.2. The predicted molar refractivity (Wildman–Crippen MR) is 59.3 cm³/mol. The summed E-state index contributed by atoms with van der Waals surface area (Å²) < 4.78 is 10.1. The summed E-state index contributed by atoms with van der Waals surface area (Å²) in [6.07, 6.45) is 1.80. The summed E-state index contributed by atoms with van der Waals surface area (Å²) >= 11 is 0. The van der Waals surface area contributed by atoms with Crippen molar-refractivity contribution in [2.45, 2.75) is 25.5 Å². The van der Waals surface area contributed by atoms with E-state index in [0.717, 1.165) is 24.2 Å². The minimum atomic E-state index is -0.335. The maximum atomic E-state index is 11.2. The van der Waals surface area contributed by atoms with Gasteiger partial charge in [-0.3, -0.25) is 0 Å². The number of hydrogen-bond acceptors (Lipinski definition) is 3. The van der Waals surface area contributed by atoms with E-state index in [0.29, 0.717) is 12.6 Å². The molecule has 4 nitrogen and oxygen atoms in total. The lowest BCUT2D eigenvalue weighted by Gasteiger charge is -2.06. The Morgan fingerprint density at radius 3 is 2.62 bits per heavy atom. The minimum absolute atomic E-state index is 0.294. The number of carbonyl (C=O) groups excluding carboxylic acids is 1. The zero-order valence-electron chi connectivity index (χ0n) is 9.23. The van der Waals surface area contributed by atoms with Gasteiger partial charge < -0.3 is 14.8 Å². The third-order valence-electron chi connectivity index (χ3n) is 2.43. The van der Waals surface area contributed by atoms with Crippen molar-refractivity contribution in [1.29, 1.82) is 0 Å². The van der Waals surface area contributed by atoms with Gasteiger partial charge in [-0.15, -0.1) is 0 Å². The lowest BCUT2D eigenvalue weighted by molar-refractivity contribution is 0.139. The Kier molecular flexibility index (Phi) is 3.29. The van der Waals surface area contributed by atoms with Crippen molar-refractivity contribution in [1.82, 2.24) is 5.32 Å². The summed E-state index contributed by atoms with van der Waals surface area (Å²) in [4.78, 5) is 11.2. The Labute approximate surface area is 94.6 Å². The third-order valence-corrected chi connectivity index (χ3v) is 2.43. The smallest absolute Gasteiger partial charge is 0.407 e. The molecule has 2 rings (SSSR count). The highest BCUT2D eigenvalue weighted by molar-refractivity contribution is 5.68. The van der Waals surface area contributed by atoms with Crippen LogP contribution in [0.3, 0.4) is 0 Å². The largest absolute Gasteiger partial charge is 0.497 e. The molecule has 0 aromatic heterocycles. The van der Waals surface area contributed by atoms with E-state index in [1.165, 1.54) is 0 Å². The number of hydrogen-bond donors (Lipinski definition) is 1. The van der Waals surface area contributed by atoms with E-state index in [-0.39, 0.29) is 6.09 Å². The fraction of sp³-hybridized carbons (Fsp3) is 0.417. The molecule has 86 valence electrons. The monoisotopic (exact) mass is 221 g/mol. The second-order valence-corrected chi connectivity index (χ2v) is 3.84. The van der Waals surface area contributed by atoms with Gasteiger partial charge in [0.25, 0.3) is 0 Å². The van der Waals surface area contributed by atoms with Crippen LogP contribution in [-0.2, 0) is 11.3 Å². The molecule has 1 aromatic carbocycles. The molecular formula is C12H15NO3. The molecule has 0 aliphatic heterocycles. The molecule has 0 radical (unpaired) electrons. The van der Waals surface area contributed by atoms with Gasteiger partial charge in [0.15, 0.2) is 0 Å². The van der Waals surface area contributed by atoms with Crippen molar-refractivity contribution in [2.75, 3.05) is 7.11 Å². The number of methoxy groups -OCH3 is 1. The van der Waals surface area contributed by atoms with E-state index >= 15 is 0 Å². The molecule has 0 unspecified atom stereocenters. The molecule has 1 aliphatic carbocycles. The summed E-state index contributed by atoms with van der Waals surface area (Å²) in [5.41, 5.74) is 0.951. The first kappa shape index (κ1) is 10.8. The normalized spacial score (nSPS) is 14.3. The average molecular weight is 221 g/mol. The highest BCUT2D eigenvalue weighted by Crippen LogP contribution is 2.18. The first-order valence-corrected chi connectivity index (χ1v) is 5.34. The summed E-state index contributed by atoms with van der Waals surface area (Å²) in [6.45, 7) is 0.294. The van der Waals surface area contributed by atoms with E-state index in [2.05, 4.69) is 5.32 Å². The Morgan fingerprint density at radius 2 is 2.06 bits per heavy atom. The van der Waals surface area contributed by atoms with Crippen LogP contribution >= 0.6 is 0 Å². The quantitative estimate of drug-likeness (QED) is 0.846. The molecule has 16 heavy (non-hydrogen) atoms. The summed E-state index contributed by atoms with van der Waals surface area (Å²) in [5.74, 6) is 0.797. The van der Waals surface area contributed by atoms with Crippen LogP contribution in [0.1, 0.15) is 18.4 Å². The molecule has 1 saturated carbocycles. The molecular weight excluding hydrogens is 206 g/mol. The number of benzene rings is 1. The van der Waals surface area contributed by atoms with Crippen LogP contribution in [0.4, 0.5) is 4.79 Å². The van der Waals surface area contributed by atoms with Gasteiger partial charge in [0.05, 0.1) is 7.11 Å². The SMILES string of the molecule is COc1ccc(COC(=O)NC2CC2)cc1. The van der Waals surface area contributed by atoms with Crippen molar-refractivity contribution in [3.05, 3.63) is 29.8 Å². The first-order chi connectivity index (χ1) is 7.78. The molecule has 0 atom stereocenters.